The van der Waals surface area contributed by atoms with Crippen LogP contribution in [0.1, 0.15) is 54.1 Å². The van der Waals surface area contributed by atoms with Crippen molar-refractivity contribution in [1.82, 2.24) is 0 Å². The molecule has 0 spiro atoms. The predicted molar refractivity (Wildman–Crippen MR) is 159 cm³/mol. The van der Waals surface area contributed by atoms with Gasteiger partial charge in [0.25, 0.3) is 11.8 Å². The number of carbonyl (C=O) groups is 2. The standard InChI is InChI=1S/C32H30Cl2N2O2/c1-17-11-19(3)29(20(4)12-17)31(37)35-27-9-7-23(15-25(27)33)24-8-10-28(26(34)16-24)36-32(38)30-21(5)13-18(2)14-22(30)6/h7-16H,1-6H3,(H,35,37)(H,36,38). The van der Waals surface area contributed by atoms with E-state index in [0.717, 1.165) is 44.5 Å². The fourth-order valence-electron chi connectivity index (χ4n) is 5.04. The van der Waals surface area contributed by atoms with Crippen molar-refractivity contribution in [3.63, 3.8) is 0 Å². The predicted octanol–water partition coefficient (Wildman–Crippen LogP) is 9.02. The van der Waals surface area contributed by atoms with Gasteiger partial charge in [-0.2, -0.15) is 0 Å². The molecule has 6 heteroatoms. The Balaban J connectivity index is 1.53. The van der Waals surface area contributed by atoms with Gasteiger partial charge in [0.05, 0.1) is 21.4 Å². The second kappa shape index (κ2) is 11.0. The first kappa shape index (κ1) is 27.4. The van der Waals surface area contributed by atoms with Crippen LogP contribution < -0.4 is 10.6 Å². The van der Waals surface area contributed by atoms with Gasteiger partial charge < -0.3 is 10.6 Å². The first-order valence-corrected chi connectivity index (χ1v) is 13.1. The molecule has 0 unspecified atom stereocenters. The molecule has 4 nitrogen and oxygen atoms in total. The summed E-state index contributed by atoms with van der Waals surface area (Å²) >= 11 is 13.1. The topological polar surface area (TPSA) is 58.2 Å². The van der Waals surface area contributed by atoms with Gasteiger partial charge in [0, 0.05) is 11.1 Å². The highest BCUT2D eigenvalue weighted by Crippen LogP contribution is 2.33. The number of halogens is 2. The highest BCUT2D eigenvalue weighted by molar-refractivity contribution is 6.35. The van der Waals surface area contributed by atoms with E-state index < -0.39 is 0 Å². The van der Waals surface area contributed by atoms with Crippen LogP contribution in [0.15, 0.2) is 60.7 Å². The molecular formula is C32H30Cl2N2O2. The van der Waals surface area contributed by atoms with Gasteiger partial charge in [0.1, 0.15) is 0 Å². The lowest BCUT2D eigenvalue weighted by Gasteiger charge is -2.14. The minimum absolute atomic E-state index is 0.197. The summed E-state index contributed by atoms with van der Waals surface area (Å²) in [4.78, 5) is 26.0. The largest absolute Gasteiger partial charge is 0.321 e. The normalized spacial score (nSPS) is 10.8. The fourth-order valence-corrected chi connectivity index (χ4v) is 5.49. The van der Waals surface area contributed by atoms with Crippen molar-refractivity contribution in [1.29, 1.82) is 0 Å². The molecule has 0 bridgehead atoms. The molecular weight excluding hydrogens is 515 g/mol. The van der Waals surface area contributed by atoms with Gasteiger partial charge in [-0.15, -0.1) is 0 Å². The monoisotopic (exact) mass is 544 g/mol. The first-order valence-electron chi connectivity index (χ1n) is 12.3. The van der Waals surface area contributed by atoms with Crippen molar-refractivity contribution in [2.45, 2.75) is 41.5 Å². The van der Waals surface area contributed by atoms with Crippen LogP contribution in [0.4, 0.5) is 11.4 Å². The molecule has 0 saturated carbocycles. The SMILES string of the molecule is Cc1cc(C)c(C(=O)Nc2ccc(-c3ccc(NC(=O)c4c(C)cc(C)cc4C)c(Cl)c3)cc2Cl)c(C)c1. The average molecular weight is 546 g/mol. The van der Waals surface area contributed by atoms with E-state index in [1.54, 1.807) is 24.3 Å². The number of hydrogen-bond acceptors (Lipinski definition) is 2. The molecule has 0 atom stereocenters. The van der Waals surface area contributed by atoms with Crippen molar-refractivity contribution in [3.8, 4) is 11.1 Å². The molecule has 4 rings (SSSR count). The highest BCUT2D eigenvalue weighted by Gasteiger charge is 2.17. The van der Waals surface area contributed by atoms with Crippen molar-refractivity contribution in [3.05, 3.63) is 115 Å². The third kappa shape index (κ3) is 5.77. The van der Waals surface area contributed by atoms with Crippen LogP contribution in [0, 0.1) is 41.5 Å². The molecule has 0 aromatic heterocycles. The average Bonchev–Trinajstić information content (AvgIpc) is 2.80. The molecule has 4 aromatic carbocycles. The minimum Gasteiger partial charge on any atom is -0.321 e. The molecule has 2 N–H and O–H groups in total. The van der Waals surface area contributed by atoms with Crippen LogP contribution in [-0.2, 0) is 0 Å². The number of hydrogen-bond donors (Lipinski definition) is 2. The van der Waals surface area contributed by atoms with Crippen molar-refractivity contribution < 1.29 is 9.59 Å². The Morgan fingerprint density at radius 1 is 0.526 bits per heavy atom. The van der Waals surface area contributed by atoms with Gasteiger partial charge >= 0.3 is 0 Å². The molecule has 0 fully saturated rings. The van der Waals surface area contributed by atoms with E-state index in [2.05, 4.69) is 10.6 Å². The number of carbonyl (C=O) groups excluding carboxylic acids is 2. The summed E-state index contributed by atoms with van der Waals surface area (Å²) in [5, 5.41) is 6.69. The van der Waals surface area contributed by atoms with Gasteiger partial charge in [0.15, 0.2) is 0 Å². The zero-order chi connectivity index (χ0) is 27.7. The zero-order valence-corrected chi connectivity index (χ0v) is 23.9. The quantitative estimate of drug-likeness (QED) is 0.263. The molecule has 0 aliphatic heterocycles. The van der Waals surface area contributed by atoms with Crippen LogP contribution in [0.2, 0.25) is 10.0 Å². The van der Waals surface area contributed by atoms with Crippen molar-refractivity contribution in [2.75, 3.05) is 10.6 Å². The molecule has 0 aliphatic rings. The van der Waals surface area contributed by atoms with Gasteiger partial charge in [0.2, 0.25) is 0 Å². The number of rotatable bonds is 5. The van der Waals surface area contributed by atoms with Crippen LogP contribution in [0.25, 0.3) is 11.1 Å². The Bertz CT molecular complexity index is 1430. The maximum atomic E-state index is 13.0. The summed E-state index contributed by atoms with van der Waals surface area (Å²) in [6.45, 7) is 11.7. The summed E-state index contributed by atoms with van der Waals surface area (Å²) in [6, 6.07) is 18.8. The Morgan fingerprint density at radius 2 is 0.842 bits per heavy atom. The third-order valence-electron chi connectivity index (χ3n) is 6.58. The van der Waals surface area contributed by atoms with Crippen LogP contribution >= 0.6 is 23.2 Å². The van der Waals surface area contributed by atoms with Crippen LogP contribution in [0.5, 0.6) is 0 Å². The fraction of sp³-hybridized carbons (Fsp3) is 0.188. The lowest BCUT2D eigenvalue weighted by molar-refractivity contribution is 0.101. The van der Waals surface area contributed by atoms with E-state index in [4.69, 9.17) is 23.2 Å². The molecule has 2 amide bonds. The summed E-state index contributed by atoms with van der Waals surface area (Å²) in [7, 11) is 0. The molecule has 4 aromatic rings. The van der Waals surface area contributed by atoms with E-state index >= 15 is 0 Å². The molecule has 0 aliphatic carbocycles. The Labute approximate surface area is 234 Å². The van der Waals surface area contributed by atoms with E-state index in [0.29, 0.717) is 32.5 Å². The second-order valence-corrected chi connectivity index (χ2v) is 10.7. The highest BCUT2D eigenvalue weighted by atomic mass is 35.5. The van der Waals surface area contributed by atoms with E-state index in [1.807, 2.05) is 77.9 Å². The van der Waals surface area contributed by atoms with Crippen molar-refractivity contribution in [2.24, 2.45) is 0 Å². The number of anilines is 2. The van der Waals surface area contributed by atoms with E-state index in [-0.39, 0.29) is 11.8 Å². The van der Waals surface area contributed by atoms with Crippen LogP contribution in [-0.4, -0.2) is 11.8 Å². The second-order valence-electron chi connectivity index (χ2n) is 9.84. The first-order chi connectivity index (χ1) is 17.9. The molecule has 194 valence electrons. The minimum atomic E-state index is -0.197. The summed E-state index contributed by atoms with van der Waals surface area (Å²) in [5.74, 6) is -0.395. The Morgan fingerprint density at radius 3 is 1.13 bits per heavy atom. The summed E-state index contributed by atoms with van der Waals surface area (Å²) < 4.78 is 0. The number of amides is 2. The Hall–Kier alpha value is -3.60. The summed E-state index contributed by atoms with van der Waals surface area (Å²) in [6.07, 6.45) is 0. The maximum Gasteiger partial charge on any atom is 0.256 e. The number of aryl methyl sites for hydroxylation is 6. The zero-order valence-electron chi connectivity index (χ0n) is 22.3. The van der Waals surface area contributed by atoms with E-state index in [9.17, 15) is 9.59 Å². The van der Waals surface area contributed by atoms with Gasteiger partial charge in [-0.3, -0.25) is 9.59 Å². The van der Waals surface area contributed by atoms with Gasteiger partial charge in [-0.05, 0) is 99.2 Å². The summed E-state index contributed by atoms with van der Waals surface area (Å²) in [5.41, 5.74) is 9.92. The molecule has 0 radical (unpaired) electrons. The lowest BCUT2D eigenvalue weighted by atomic mass is 9.99. The van der Waals surface area contributed by atoms with Crippen molar-refractivity contribution >= 4 is 46.4 Å². The van der Waals surface area contributed by atoms with Crippen LogP contribution in [0.3, 0.4) is 0 Å². The number of nitrogens with one attached hydrogen (secondary N) is 2. The molecule has 0 heterocycles. The maximum absolute atomic E-state index is 13.0. The lowest BCUT2D eigenvalue weighted by Crippen LogP contribution is -2.15. The van der Waals surface area contributed by atoms with E-state index in [1.165, 1.54) is 0 Å². The molecule has 38 heavy (non-hydrogen) atoms. The number of benzene rings is 4. The van der Waals surface area contributed by atoms with Gasteiger partial charge in [-0.25, -0.2) is 0 Å². The smallest absolute Gasteiger partial charge is 0.256 e. The van der Waals surface area contributed by atoms with Gasteiger partial charge in [-0.1, -0.05) is 70.7 Å². The Kier molecular flexibility index (Phi) is 7.96. The third-order valence-corrected chi connectivity index (χ3v) is 7.20. The molecule has 0 saturated heterocycles.